The third kappa shape index (κ3) is 5.03. The molecule has 1 amide bonds. The van der Waals surface area contributed by atoms with Crippen molar-refractivity contribution in [3.63, 3.8) is 0 Å². The largest absolute Gasteiger partial charge is 0.479 e. The van der Waals surface area contributed by atoms with Gasteiger partial charge in [0.25, 0.3) is 0 Å². The van der Waals surface area contributed by atoms with Gasteiger partial charge in [-0.25, -0.2) is 9.18 Å². The van der Waals surface area contributed by atoms with Gasteiger partial charge < -0.3 is 15.3 Å². The molecule has 132 valence electrons. The molecular weight excluding hydrogens is 311 g/mol. The summed E-state index contributed by atoms with van der Waals surface area (Å²) < 4.78 is 13.3. The first-order valence-corrected chi connectivity index (χ1v) is 8.38. The van der Waals surface area contributed by atoms with Crippen LogP contribution in [0, 0.1) is 11.7 Å². The molecule has 0 saturated carbocycles. The lowest BCUT2D eigenvalue weighted by Crippen LogP contribution is -2.40. The Kier molecular flexibility index (Phi) is 6.31. The molecule has 1 aromatic rings. The normalized spacial score (nSPS) is 17.7. The summed E-state index contributed by atoms with van der Waals surface area (Å²) in [6, 6.07) is 4.61. The van der Waals surface area contributed by atoms with Crippen molar-refractivity contribution in [1.82, 2.24) is 10.2 Å². The van der Waals surface area contributed by atoms with E-state index in [0.717, 1.165) is 32.0 Å². The van der Waals surface area contributed by atoms with Crippen LogP contribution in [0.5, 0.6) is 0 Å². The van der Waals surface area contributed by atoms with Crippen LogP contribution >= 0.6 is 0 Å². The fraction of sp³-hybridized carbons (Fsp3) is 0.556. The number of nitrogens with one attached hydrogen (secondary N) is 1. The number of carbonyl (C=O) groups is 2. The topological polar surface area (TPSA) is 69.6 Å². The lowest BCUT2D eigenvalue weighted by atomic mass is 9.92. The number of likely N-dealkylation sites (tertiary alicyclic amines) is 1. The average Bonchev–Trinajstić information content (AvgIpc) is 2.52. The number of carboxylic acid groups (broad SMARTS) is 1. The van der Waals surface area contributed by atoms with Crippen LogP contribution in [0.4, 0.5) is 4.39 Å². The number of aliphatic carboxylic acids is 1. The van der Waals surface area contributed by atoms with Crippen molar-refractivity contribution in [3.8, 4) is 0 Å². The average molecular weight is 336 g/mol. The highest BCUT2D eigenvalue weighted by Gasteiger charge is 2.26. The van der Waals surface area contributed by atoms with Gasteiger partial charge in [-0.05, 0) is 63.4 Å². The predicted molar refractivity (Wildman–Crippen MR) is 89.0 cm³/mol. The van der Waals surface area contributed by atoms with Gasteiger partial charge >= 0.3 is 5.97 Å². The molecule has 1 heterocycles. The van der Waals surface area contributed by atoms with Gasteiger partial charge in [0, 0.05) is 12.5 Å². The quantitative estimate of drug-likeness (QED) is 0.838. The summed E-state index contributed by atoms with van der Waals surface area (Å²) in [7, 11) is 0. The SMILES string of the molecule is CC(C)N1CCC(CC(=O)N[C@H](C(=O)O)c2cccc(F)c2)CC1. The van der Waals surface area contributed by atoms with Gasteiger partial charge in [-0.2, -0.15) is 0 Å². The van der Waals surface area contributed by atoms with Gasteiger partial charge in [-0.3, -0.25) is 4.79 Å². The summed E-state index contributed by atoms with van der Waals surface area (Å²) in [5, 5.41) is 11.8. The van der Waals surface area contributed by atoms with E-state index in [9.17, 15) is 19.1 Å². The molecule has 2 N–H and O–H groups in total. The number of hydrogen-bond acceptors (Lipinski definition) is 3. The Balaban J connectivity index is 1.91. The predicted octanol–water partition coefficient (Wildman–Crippen LogP) is 2.58. The lowest BCUT2D eigenvalue weighted by molar-refractivity contribution is -0.142. The van der Waals surface area contributed by atoms with Crippen LogP contribution in [0.1, 0.15) is 44.7 Å². The minimum Gasteiger partial charge on any atom is -0.479 e. The maximum absolute atomic E-state index is 13.3. The molecule has 5 nitrogen and oxygen atoms in total. The number of carboxylic acids is 1. The lowest BCUT2D eigenvalue weighted by Gasteiger charge is -2.34. The van der Waals surface area contributed by atoms with E-state index in [1.165, 1.54) is 18.2 Å². The Bertz CT molecular complexity index is 583. The number of nitrogens with zero attached hydrogens (tertiary/aromatic N) is 1. The summed E-state index contributed by atoms with van der Waals surface area (Å²) in [6.45, 7) is 6.23. The molecule has 0 bridgehead atoms. The van der Waals surface area contributed by atoms with Crippen molar-refractivity contribution in [1.29, 1.82) is 0 Å². The highest BCUT2D eigenvalue weighted by Crippen LogP contribution is 2.22. The van der Waals surface area contributed by atoms with Crippen LogP contribution in [0.15, 0.2) is 24.3 Å². The van der Waals surface area contributed by atoms with Gasteiger partial charge in [-0.15, -0.1) is 0 Å². The molecule has 6 heteroatoms. The third-order valence-electron chi connectivity index (χ3n) is 4.59. The molecule has 1 saturated heterocycles. The number of piperidine rings is 1. The molecule has 0 aromatic heterocycles. The smallest absolute Gasteiger partial charge is 0.330 e. The van der Waals surface area contributed by atoms with Crippen LogP contribution < -0.4 is 5.32 Å². The van der Waals surface area contributed by atoms with Crippen molar-refractivity contribution < 1.29 is 19.1 Å². The number of carbonyl (C=O) groups excluding carboxylic acids is 1. The first-order valence-electron chi connectivity index (χ1n) is 8.38. The second kappa shape index (κ2) is 8.24. The molecule has 1 aliphatic heterocycles. The van der Waals surface area contributed by atoms with Gasteiger partial charge in [0.15, 0.2) is 6.04 Å². The van der Waals surface area contributed by atoms with Crippen LogP contribution in [0.2, 0.25) is 0 Å². The first kappa shape index (κ1) is 18.4. The summed E-state index contributed by atoms with van der Waals surface area (Å²) >= 11 is 0. The van der Waals surface area contributed by atoms with Crippen molar-refractivity contribution in [3.05, 3.63) is 35.6 Å². The molecule has 1 fully saturated rings. The molecular formula is C18H25FN2O3. The molecule has 1 aromatic carbocycles. The molecule has 0 unspecified atom stereocenters. The Hall–Kier alpha value is -1.95. The summed E-state index contributed by atoms with van der Waals surface area (Å²) in [5.74, 6) is -1.74. The van der Waals surface area contributed by atoms with Crippen molar-refractivity contribution in [2.75, 3.05) is 13.1 Å². The van der Waals surface area contributed by atoms with Crippen LogP contribution in [0.25, 0.3) is 0 Å². The summed E-state index contributed by atoms with van der Waals surface area (Å²) in [4.78, 5) is 26.0. The molecule has 0 spiro atoms. The number of benzene rings is 1. The number of amides is 1. The second-order valence-electron chi connectivity index (χ2n) is 6.67. The van der Waals surface area contributed by atoms with Crippen LogP contribution in [0.3, 0.4) is 0 Å². The van der Waals surface area contributed by atoms with Crippen molar-refractivity contribution in [2.45, 2.75) is 45.2 Å². The standard InChI is InChI=1S/C18H25FN2O3/c1-12(2)21-8-6-13(7-9-21)10-16(22)20-17(18(23)24)14-4-3-5-15(19)11-14/h3-5,11-13,17H,6-10H2,1-2H3,(H,20,22)(H,23,24)/t17-/m0/s1. The zero-order valence-corrected chi connectivity index (χ0v) is 14.2. The number of rotatable bonds is 6. The first-order chi connectivity index (χ1) is 11.4. The fourth-order valence-electron chi connectivity index (χ4n) is 3.13. The van der Waals surface area contributed by atoms with Crippen LogP contribution in [-0.4, -0.2) is 41.0 Å². The highest BCUT2D eigenvalue weighted by atomic mass is 19.1. The molecule has 24 heavy (non-hydrogen) atoms. The van der Waals surface area contributed by atoms with E-state index in [1.807, 2.05) is 0 Å². The minimum absolute atomic E-state index is 0.241. The molecule has 2 rings (SSSR count). The summed E-state index contributed by atoms with van der Waals surface area (Å²) in [6.07, 6.45) is 2.18. The Morgan fingerprint density at radius 1 is 1.33 bits per heavy atom. The second-order valence-corrected chi connectivity index (χ2v) is 6.67. The van der Waals surface area contributed by atoms with Crippen LogP contribution in [-0.2, 0) is 9.59 Å². The van der Waals surface area contributed by atoms with E-state index in [0.29, 0.717) is 12.5 Å². The zero-order valence-electron chi connectivity index (χ0n) is 14.2. The van der Waals surface area contributed by atoms with Crippen molar-refractivity contribution in [2.24, 2.45) is 5.92 Å². The minimum atomic E-state index is -1.22. The Morgan fingerprint density at radius 3 is 2.54 bits per heavy atom. The van der Waals surface area contributed by atoms with E-state index in [2.05, 4.69) is 24.1 Å². The molecule has 1 aliphatic rings. The van der Waals surface area contributed by atoms with Crippen molar-refractivity contribution >= 4 is 11.9 Å². The Morgan fingerprint density at radius 2 is 2.00 bits per heavy atom. The fourth-order valence-corrected chi connectivity index (χ4v) is 3.13. The van der Waals surface area contributed by atoms with Gasteiger partial charge in [0.1, 0.15) is 5.82 Å². The van der Waals surface area contributed by atoms with Gasteiger partial charge in [-0.1, -0.05) is 12.1 Å². The molecule has 0 radical (unpaired) electrons. The number of hydrogen-bond donors (Lipinski definition) is 2. The van der Waals surface area contributed by atoms with E-state index < -0.39 is 17.8 Å². The zero-order chi connectivity index (χ0) is 17.7. The number of halogens is 1. The third-order valence-corrected chi connectivity index (χ3v) is 4.59. The van der Waals surface area contributed by atoms with E-state index >= 15 is 0 Å². The molecule has 1 atom stereocenters. The van der Waals surface area contributed by atoms with E-state index in [-0.39, 0.29) is 17.4 Å². The van der Waals surface area contributed by atoms with E-state index in [1.54, 1.807) is 0 Å². The van der Waals surface area contributed by atoms with Gasteiger partial charge in [0.2, 0.25) is 5.91 Å². The maximum atomic E-state index is 13.3. The Labute approximate surface area is 141 Å². The van der Waals surface area contributed by atoms with Gasteiger partial charge in [0.05, 0.1) is 0 Å². The maximum Gasteiger partial charge on any atom is 0.330 e. The summed E-state index contributed by atoms with van der Waals surface area (Å²) in [5.41, 5.74) is 0.241. The van der Waals surface area contributed by atoms with E-state index in [4.69, 9.17) is 0 Å². The monoisotopic (exact) mass is 336 g/mol. The molecule has 0 aliphatic carbocycles. The highest BCUT2D eigenvalue weighted by molar-refractivity contribution is 5.84.